The predicted octanol–water partition coefficient (Wildman–Crippen LogP) is 1.70. The highest BCUT2D eigenvalue weighted by Gasteiger charge is 2.14. The van der Waals surface area contributed by atoms with Crippen LogP contribution < -0.4 is 10.4 Å². The Labute approximate surface area is 134 Å². The van der Waals surface area contributed by atoms with Crippen LogP contribution in [0.2, 0.25) is 0 Å². The molecule has 0 aliphatic rings. The van der Waals surface area contributed by atoms with Crippen LogP contribution in [0.1, 0.15) is 5.56 Å². The van der Waals surface area contributed by atoms with Gasteiger partial charge in [-0.1, -0.05) is 22.0 Å². The van der Waals surface area contributed by atoms with E-state index in [4.69, 9.17) is 4.74 Å². The fourth-order valence-corrected chi connectivity index (χ4v) is 2.41. The van der Waals surface area contributed by atoms with Gasteiger partial charge in [-0.15, -0.1) is 0 Å². The third-order valence-electron chi connectivity index (χ3n) is 3.08. The molecule has 1 aromatic carbocycles. The molecule has 0 bridgehead atoms. The van der Waals surface area contributed by atoms with Crippen molar-refractivity contribution >= 4 is 15.9 Å². The smallest absolute Gasteiger partial charge is 0.368 e. The Morgan fingerprint density at radius 3 is 2.64 bits per heavy atom. The number of pyridine rings is 1. The van der Waals surface area contributed by atoms with E-state index in [-0.39, 0.29) is 12.3 Å². The van der Waals surface area contributed by atoms with Gasteiger partial charge < -0.3 is 4.74 Å². The molecule has 0 N–H and O–H groups in total. The van der Waals surface area contributed by atoms with E-state index in [2.05, 4.69) is 31.3 Å². The van der Waals surface area contributed by atoms with Crippen LogP contribution >= 0.6 is 15.9 Å². The van der Waals surface area contributed by atoms with Crippen molar-refractivity contribution in [1.29, 1.82) is 0 Å². The number of hydrogen-bond donors (Lipinski definition) is 0. The lowest BCUT2D eigenvalue weighted by atomic mass is 10.2. The van der Waals surface area contributed by atoms with E-state index in [0.29, 0.717) is 11.4 Å². The largest absolute Gasteiger partial charge is 0.489 e. The number of ether oxygens (including phenoxy) is 1. The summed E-state index contributed by atoms with van der Waals surface area (Å²) in [7, 11) is 1.55. The second kappa shape index (κ2) is 6.10. The molecule has 0 atom stereocenters. The SMILES string of the molecule is Cn1nnn(-c2cccc(Br)c2COc2ccncc2)c1=O. The average molecular weight is 362 g/mol. The molecule has 2 aromatic heterocycles. The molecule has 0 unspecified atom stereocenters. The van der Waals surface area contributed by atoms with E-state index in [9.17, 15) is 4.79 Å². The molecule has 0 amide bonds. The van der Waals surface area contributed by atoms with Gasteiger partial charge >= 0.3 is 5.69 Å². The highest BCUT2D eigenvalue weighted by atomic mass is 79.9. The summed E-state index contributed by atoms with van der Waals surface area (Å²) in [6, 6.07) is 9.05. The normalized spacial score (nSPS) is 10.6. The number of tetrazole rings is 1. The number of halogens is 1. The van der Waals surface area contributed by atoms with Crippen molar-refractivity contribution in [1.82, 2.24) is 24.8 Å². The number of aryl methyl sites for hydroxylation is 1. The van der Waals surface area contributed by atoms with Gasteiger partial charge in [0.05, 0.1) is 5.69 Å². The Kier molecular flexibility index (Phi) is 4.01. The standard InChI is InChI=1S/C14H12BrN5O2/c1-19-14(21)20(18-17-19)13-4-2-3-12(15)11(13)9-22-10-5-7-16-8-6-10/h2-8H,9H2,1H3. The molecule has 0 aliphatic carbocycles. The molecule has 0 radical (unpaired) electrons. The van der Waals surface area contributed by atoms with E-state index in [0.717, 1.165) is 10.0 Å². The van der Waals surface area contributed by atoms with Crippen LogP contribution in [0.5, 0.6) is 5.75 Å². The minimum Gasteiger partial charge on any atom is -0.489 e. The van der Waals surface area contributed by atoms with Crippen molar-refractivity contribution in [2.45, 2.75) is 6.61 Å². The van der Waals surface area contributed by atoms with Crippen LogP contribution in [0, 0.1) is 0 Å². The first-order valence-corrected chi connectivity index (χ1v) is 7.25. The quantitative estimate of drug-likeness (QED) is 0.706. The fraction of sp³-hybridized carbons (Fsp3) is 0.143. The second-order valence-corrected chi connectivity index (χ2v) is 5.36. The maximum atomic E-state index is 12.0. The molecular formula is C14H12BrN5O2. The zero-order valence-electron chi connectivity index (χ0n) is 11.7. The van der Waals surface area contributed by atoms with Gasteiger partial charge in [0.1, 0.15) is 12.4 Å². The highest BCUT2D eigenvalue weighted by Crippen LogP contribution is 2.24. The number of benzene rings is 1. The summed E-state index contributed by atoms with van der Waals surface area (Å²) in [4.78, 5) is 16.0. The molecular weight excluding hydrogens is 350 g/mol. The van der Waals surface area contributed by atoms with E-state index in [1.165, 1.54) is 9.36 Å². The molecule has 0 aliphatic heterocycles. The van der Waals surface area contributed by atoms with E-state index in [1.54, 1.807) is 37.6 Å². The molecule has 22 heavy (non-hydrogen) atoms. The minimum absolute atomic E-state index is 0.282. The Hall–Kier alpha value is -2.48. The molecule has 3 aromatic rings. The number of nitrogens with zero attached hydrogens (tertiary/aromatic N) is 5. The maximum Gasteiger partial charge on any atom is 0.368 e. The Balaban J connectivity index is 1.97. The third kappa shape index (κ3) is 2.77. The molecule has 0 spiro atoms. The van der Waals surface area contributed by atoms with Crippen LogP contribution in [-0.4, -0.2) is 24.8 Å². The summed E-state index contributed by atoms with van der Waals surface area (Å²) < 4.78 is 8.99. The van der Waals surface area contributed by atoms with Crippen LogP contribution in [0.4, 0.5) is 0 Å². The van der Waals surface area contributed by atoms with Crippen LogP contribution in [-0.2, 0) is 13.7 Å². The first kappa shape index (κ1) is 14.5. The molecule has 3 rings (SSSR count). The van der Waals surface area contributed by atoms with Crippen LogP contribution in [0.25, 0.3) is 5.69 Å². The van der Waals surface area contributed by atoms with Crippen molar-refractivity contribution in [2.75, 3.05) is 0 Å². The first-order chi connectivity index (χ1) is 10.7. The van der Waals surface area contributed by atoms with Gasteiger partial charge in [-0.05, 0) is 34.7 Å². The number of aromatic nitrogens is 5. The van der Waals surface area contributed by atoms with E-state index >= 15 is 0 Å². The average Bonchev–Trinajstić information content (AvgIpc) is 2.86. The van der Waals surface area contributed by atoms with Crippen molar-refractivity contribution < 1.29 is 4.74 Å². The Bertz CT molecular complexity index is 844. The van der Waals surface area contributed by atoms with Gasteiger partial charge in [-0.25, -0.2) is 4.79 Å². The van der Waals surface area contributed by atoms with Crippen molar-refractivity contribution in [2.24, 2.45) is 7.05 Å². The zero-order chi connectivity index (χ0) is 15.5. The van der Waals surface area contributed by atoms with Gasteiger partial charge in [-0.3, -0.25) is 4.98 Å². The van der Waals surface area contributed by atoms with Crippen molar-refractivity contribution in [3.8, 4) is 11.4 Å². The fourth-order valence-electron chi connectivity index (χ4n) is 1.94. The van der Waals surface area contributed by atoms with E-state index < -0.39 is 0 Å². The van der Waals surface area contributed by atoms with Gasteiger partial charge in [0, 0.05) is 29.5 Å². The predicted molar refractivity (Wildman–Crippen MR) is 82.9 cm³/mol. The van der Waals surface area contributed by atoms with Gasteiger partial charge in [0.25, 0.3) is 0 Å². The molecule has 2 heterocycles. The van der Waals surface area contributed by atoms with Crippen molar-refractivity contribution in [3.05, 3.63) is 63.2 Å². The first-order valence-electron chi connectivity index (χ1n) is 6.46. The lowest BCUT2D eigenvalue weighted by Gasteiger charge is -2.11. The second-order valence-electron chi connectivity index (χ2n) is 4.51. The molecule has 7 nitrogen and oxygen atoms in total. The molecule has 0 saturated carbocycles. The summed E-state index contributed by atoms with van der Waals surface area (Å²) in [5.41, 5.74) is 1.12. The monoisotopic (exact) mass is 361 g/mol. The van der Waals surface area contributed by atoms with Gasteiger partial charge in [0.2, 0.25) is 0 Å². The minimum atomic E-state index is -0.316. The van der Waals surface area contributed by atoms with Crippen LogP contribution in [0.15, 0.2) is 52.0 Å². The Morgan fingerprint density at radius 2 is 1.95 bits per heavy atom. The number of hydrogen-bond acceptors (Lipinski definition) is 5. The van der Waals surface area contributed by atoms with Gasteiger partial charge in [0.15, 0.2) is 0 Å². The van der Waals surface area contributed by atoms with Crippen LogP contribution in [0.3, 0.4) is 0 Å². The molecule has 112 valence electrons. The molecule has 0 fully saturated rings. The third-order valence-corrected chi connectivity index (χ3v) is 3.82. The summed E-state index contributed by atoms with van der Waals surface area (Å²) in [5, 5.41) is 7.61. The highest BCUT2D eigenvalue weighted by molar-refractivity contribution is 9.10. The van der Waals surface area contributed by atoms with E-state index in [1.807, 2.05) is 12.1 Å². The van der Waals surface area contributed by atoms with Crippen molar-refractivity contribution in [3.63, 3.8) is 0 Å². The lowest BCUT2D eigenvalue weighted by Crippen LogP contribution is -2.23. The summed E-state index contributed by atoms with van der Waals surface area (Å²) >= 11 is 3.49. The summed E-state index contributed by atoms with van der Waals surface area (Å²) in [6.07, 6.45) is 3.31. The molecule has 0 saturated heterocycles. The summed E-state index contributed by atoms with van der Waals surface area (Å²) in [5.74, 6) is 0.697. The lowest BCUT2D eigenvalue weighted by molar-refractivity contribution is 0.304. The molecule has 8 heteroatoms. The zero-order valence-corrected chi connectivity index (χ0v) is 13.3. The number of rotatable bonds is 4. The van der Waals surface area contributed by atoms with Gasteiger partial charge in [-0.2, -0.15) is 9.36 Å². The summed E-state index contributed by atoms with van der Waals surface area (Å²) in [6.45, 7) is 0.282. The Morgan fingerprint density at radius 1 is 1.18 bits per heavy atom. The topological polar surface area (TPSA) is 74.8 Å². The maximum absolute atomic E-state index is 12.0.